The molecule has 0 bridgehead atoms. The fraction of sp³-hybridized carbons (Fsp3) is 0.143. The predicted molar refractivity (Wildman–Crippen MR) is 69.2 cm³/mol. The van der Waals surface area contributed by atoms with E-state index in [2.05, 4.69) is 15.9 Å². The van der Waals surface area contributed by atoms with Gasteiger partial charge in [-0.15, -0.1) is 0 Å². The summed E-state index contributed by atoms with van der Waals surface area (Å²) in [5.41, 5.74) is 1.30. The summed E-state index contributed by atoms with van der Waals surface area (Å²) >= 11 is 3.32. The fourth-order valence-corrected chi connectivity index (χ4v) is 1.95. The van der Waals surface area contributed by atoms with Crippen molar-refractivity contribution < 1.29 is 13.9 Å². The molecule has 0 aliphatic carbocycles. The fourth-order valence-electron chi connectivity index (χ4n) is 1.68. The lowest BCUT2D eigenvalue weighted by molar-refractivity contribution is 0.178. The zero-order chi connectivity index (χ0) is 13.1. The van der Waals surface area contributed by atoms with E-state index in [1.807, 2.05) is 24.3 Å². The van der Waals surface area contributed by atoms with E-state index in [4.69, 9.17) is 0 Å². The van der Waals surface area contributed by atoms with Crippen LogP contribution >= 0.6 is 15.9 Å². The van der Waals surface area contributed by atoms with Crippen LogP contribution in [0, 0.1) is 11.6 Å². The van der Waals surface area contributed by atoms with E-state index in [1.165, 1.54) is 6.07 Å². The molecular formula is C14H11BrF2O. The van der Waals surface area contributed by atoms with Gasteiger partial charge in [0, 0.05) is 10.9 Å². The molecule has 1 atom stereocenters. The molecule has 0 fully saturated rings. The van der Waals surface area contributed by atoms with E-state index in [9.17, 15) is 13.9 Å². The molecule has 18 heavy (non-hydrogen) atoms. The minimum absolute atomic E-state index is 0.359. The van der Waals surface area contributed by atoms with Crippen LogP contribution in [-0.4, -0.2) is 5.11 Å². The molecule has 0 aliphatic heterocycles. The number of rotatable bonds is 3. The Labute approximate surface area is 112 Å². The molecule has 0 aliphatic rings. The number of hydrogen-bond acceptors (Lipinski definition) is 1. The summed E-state index contributed by atoms with van der Waals surface area (Å²) in [5.74, 6) is -1.85. The van der Waals surface area contributed by atoms with Crippen molar-refractivity contribution in [2.75, 3.05) is 0 Å². The molecule has 0 radical (unpaired) electrons. The number of aliphatic hydroxyl groups is 1. The maximum Gasteiger partial charge on any atom is 0.159 e. The molecule has 1 N–H and O–H groups in total. The van der Waals surface area contributed by atoms with Crippen LogP contribution in [0.25, 0.3) is 0 Å². The first-order valence-electron chi connectivity index (χ1n) is 5.44. The van der Waals surface area contributed by atoms with Gasteiger partial charge in [-0.3, -0.25) is 0 Å². The third-order valence-corrected chi connectivity index (χ3v) is 3.20. The third kappa shape index (κ3) is 3.15. The van der Waals surface area contributed by atoms with E-state index in [0.29, 0.717) is 12.0 Å². The first-order chi connectivity index (χ1) is 8.56. The van der Waals surface area contributed by atoms with E-state index in [-0.39, 0.29) is 0 Å². The molecule has 0 amide bonds. The summed E-state index contributed by atoms with van der Waals surface area (Å²) in [4.78, 5) is 0. The summed E-state index contributed by atoms with van der Waals surface area (Å²) in [6, 6.07) is 10.9. The molecule has 1 nitrogen and oxygen atoms in total. The van der Waals surface area contributed by atoms with Gasteiger partial charge in [0.05, 0.1) is 6.10 Å². The Kier molecular flexibility index (Phi) is 4.09. The average Bonchev–Trinajstić information content (AvgIpc) is 2.35. The first kappa shape index (κ1) is 13.2. The molecule has 2 aromatic carbocycles. The van der Waals surface area contributed by atoms with Crippen LogP contribution in [0.3, 0.4) is 0 Å². The highest BCUT2D eigenvalue weighted by Crippen LogP contribution is 2.21. The normalized spacial score (nSPS) is 12.4. The minimum atomic E-state index is -0.942. The standard InChI is InChI=1S/C14H11BrF2O/c15-11-4-1-9(2-5-11)7-14(18)10-3-6-12(16)13(17)8-10/h1-6,8,14,18H,7H2. The Balaban J connectivity index is 2.13. The van der Waals surface area contributed by atoms with Gasteiger partial charge < -0.3 is 5.11 Å². The minimum Gasteiger partial charge on any atom is -0.388 e. The SMILES string of the molecule is OC(Cc1ccc(Br)cc1)c1ccc(F)c(F)c1. The van der Waals surface area contributed by atoms with Crippen molar-refractivity contribution in [3.05, 3.63) is 69.7 Å². The highest BCUT2D eigenvalue weighted by molar-refractivity contribution is 9.10. The van der Waals surface area contributed by atoms with Crippen LogP contribution in [0.5, 0.6) is 0 Å². The molecule has 0 aromatic heterocycles. The number of halogens is 3. The number of aliphatic hydroxyl groups excluding tert-OH is 1. The van der Waals surface area contributed by atoms with Crippen LogP contribution in [0.4, 0.5) is 8.78 Å². The predicted octanol–water partition coefficient (Wildman–Crippen LogP) is 4.00. The van der Waals surface area contributed by atoms with E-state index in [0.717, 1.165) is 22.2 Å². The van der Waals surface area contributed by atoms with Gasteiger partial charge in [-0.05, 0) is 35.4 Å². The van der Waals surface area contributed by atoms with Crippen LogP contribution < -0.4 is 0 Å². The van der Waals surface area contributed by atoms with E-state index >= 15 is 0 Å². The van der Waals surface area contributed by atoms with Gasteiger partial charge >= 0.3 is 0 Å². The van der Waals surface area contributed by atoms with Gasteiger partial charge in [0.25, 0.3) is 0 Å². The molecule has 0 spiro atoms. The first-order valence-corrected chi connectivity index (χ1v) is 6.23. The summed E-state index contributed by atoms with van der Waals surface area (Å²) < 4.78 is 26.8. The number of hydrogen-bond donors (Lipinski definition) is 1. The smallest absolute Gasteiger partial charge is 0.159 e. The van der Waals surface area contributed by atoms with Crippen LogP contribution in [0.1, 0.15) is 17.2 Å². The summed E-state index contributed by atoms with van der Waals surface area (Å²) in [6.07, 6.45) is -0.487. The Morgan fingerprint density at radius 2 is 1.67 bits per heavy atom. The molecule has 1 unspecified atom stereocenters. The molecule has 94 valence electrons. The highest BCUT2D eigenvalue weighted by Gasteiger charge is 2.11. The molecular weight excluding hydrogens is 302 g/mol. The summed E-state index contributed by atoms with van der Waals surface area (Å²) in [5, 5.41) is 9.96. The third-order valence-electron chi connectivity index (χ3n) is 2.67. The monoisotopic (exact) mass is 312 g/mol. The maximum absolute atomic E-state index is 13.0. The van der Waals surface area contributed by atoms with Crippen molar-refractivity contribution in [2.45, 2.75) is 12.5 Å². The second-order valence-electron chi connectivity index (χ2n) is 4.02. The molecule has 0 saturated heterocycles. The van der Waals surface area contributed by atoms with Crippen molar-refractivity contribution in [2.24, 2.45) is 0 Å². The van der Waals surface area contributed by atoms with Crippen molar-refractivity contribution in [1.82, 2.24) is 0 Å². The highest BCUT2D eigenvalue weighted by atomic mass is 79.9. The van der Waals surface area contributed by atoms with Crippen LogP contribution in [0.2, 0.25) is 0 Å². The molecule has 2 rings (SSSR count). The largest absolute Gasteiger partial charge is 0.388 e. The summed E-state index contributed by atoms with van der Waals surface area (Å²) in [7, 11) is 0. The van der Waals surface area contributed by atoms with Gasteiger partial charge in [-0.2, -0.15) is 0 Å². The van der Waals surface area contributed by atoms with Crippen molar-refractivity contribution in [3.8, 4) is 0 Å². The molecule has 2 aromatic rings. The Hall–Kier alpha value is -1.26. The number of benzene rings is 2. The lowest BCUT2D eigenvalue weighted by Crippen LogP contribution is -2.02. The van der Waals surface area contributed by atoms with Crippen molar-refractivity contribution in [3.63, 3.8) is 0 Å². The van der Waals surface area contributed by atoms with Crippen molar-refractivity contribution >= 4 is 15.9 Å². The Bertz CT molecular complexity index is 540. The second-order valence-corrected chi connectivity index (χ2v) is 4.94. The van der Waals surface area contributed by atoms with Crippen LogP contribution in [0.15, 0.2) is 46.9 Å². The molecule has 0 saturated carbocycles. The van der Waals surface area contributed by atoms with E-state index < -0.39 is 17.7 Å². The molecule has 0 heterocycles. The quantitative estimate of drug-likeness (QED) is 0.908. The van der Waals surface area contributed by atoms with Crippen molar-refractivity contribution in [1.29, 1.82) is 0 Å². The van der Waals surface area contributed by atoms with Gasteiger partial charge in [-0.25, -0.2) is 8.78 Å². The van der Waals surface area contributed by atoms with Crippen LogP contribution in [-0.2, 0) is 6.42 Å². The average molecular weight is 313 g/mol. The zero-order valence-electron chi connectivity index (χ0n) is 9.41. The zero-order valence-corrected chi connectivity index (χ0v) is 11.0. The lowest BCUT2D eigenvalue weighted by atomic mass is 10.0. The van der Waals surface area contributed by atoms with E-state index in [1.54, 1.807) is 0 Å². The van der Waals surface area contributed by atoms with Gasteiger partial charge in [0.1, 0.15) is 0 Å². The van der Waals surface area contributed by atoms with Gasteiger partial charge in [-0.1, -0.05) is 34.1 Å². The Morgan fingerprint density at radius 1 is 1.00 bits per heavy atom. The topological polar surface area (TPSA) is 20.2 Å². The van der Waals surface area contributed by atoms with Gasteiger partial charge in [0.15, 0.2) is 11.6 Å². The Morgan fingerprint density at radius 3 is 2.28 bits per heavy atom. The summed E-state index contributed by atoms with van der Waals surface area (Å²) in [6.45, 7) is 0. The lowest BCUT2D eigenvalue weighted by Gasteiger charge is -2.11. The maximum atomic E-state index is 13.0. The second kappa shape index (κ2) is 5.59. The molecule has 4 heteroatoms. The van der Waals surface area contributed by atoms with Gasteiger partial charge in [0.2, 0.25) is 0 Å².